The molecule has 0 spiro atoms. The first-order valence-corrected chi connectivity index (χ1v) is 6.56. The molecule has 0 bridgehead atoms. The molecule has 1 saturated heterocycles. The van der Waals surface area contributed by atoms with E-state index in [1.807, 2.05) is 0 Å². The van der Waals surface area contributed by atoms with Gasteiger partial charge < -0.3 is 4.57 Å². The van der Waals surface area contributed by atoms with E-state index < -0.39 is 12.7 Å². The zero-order valence-electron chi connectivity index (χ0n) is 11.1. The average Bonchev–Trinajstić information content (AvgIpc) is 2.72. The van der Waals surface area contributed by atoms with E-state index in [2.05, 4.69) is 23.7 Å². The molecule has 1 aromatic heterocycles. The summed E-state index contributed by atoms with van der Waals surface area (Å²) in [5.74, 6) is 1.92. The zero-order chi connectivity index (χ0) is 13.8. The van der Waals surface area contributed by atoms with E-state index in [1.165, 1.54) is 17.0 Å². The highest BCUT2D eigenvalue weighted by Gasteiger charge is 2.61. The van der Waals surface area contributed by atoms with Crippen molar-refractivity contribution in [2.24, 2.45) is 17.3 Å². The van der Waals surface area contributed by atoms with Crippen LogP contribution >= 0.6 is 0 Å². The molecule has 19 heavy (non-hydrogen) atoms. The second-order valence-corrected chi connectivity index (χ2v) is 6.31. The van der Waals surface area contributed by atoms with Crippen LogP contribution in [0.3, 0.4) is 0 Å². The van der Waals surface area contributed by atoms with E-state index >= 15 is 0 Å². The van der Waals surface area contributed by atoms with Crippen LogP contribution in [0.2, 0.25) is 0 Å². The summed E-state index contributed by atoms with van der Waals surface area (Å²) in [4.78, 5) is 6.28. The van der Waals surface area contributed by atoms with Gasteiger partial charge in [0.05, 0.1) is 6.54 Å². The van der Waals surface area contributed by atoms with Crippen LogP contribution in [-0.4, -0.2) is 33.7 Å². The van der Waals surface area contributed by atoms with Crippen LogP contribution in [0.25, 0.3) is 0 Å². The Morgan fingerprint density at radius 1 is 1.32 bits per heavy atom. The minimum Gasteiger partial charge on any atom is -0.325 e. The van der Waals surface area contributed by atoms with Gasteiger partial charge in [-0.15, -0.1) is 0 Å². The fourth-order valence-corrected chi connectivity index (χ4v) is 3.37. The Morgan fingerprint density at radius 3 is 2.53 bits per heavy atom. The molecule has 3 nitrogen and oxygen atoms in total. The standard InChI is InChI=1S/C13H18F3N3/c1-12(2)9-5-18(6-10(9)12)7-11-17-3-4-19(11)8-13(14,15)16/h3-4,9-10H,5-8H2,1-2H3/t9-,10-/m0/s1. The summed E-state index contributed by atoms with van der Waals surface area (Å²) in [7, 11) is 0. The highest BCUT2D eigenvalue weighted by Crippen LogP contribution is 2.62. The van der Waals surface area contributed by atoms with E-state index in [0.29, 0.717) is 29.6 Å². The number of aromatic nitrogens is 2. The van der Waals surface area contributed by atoms with Crippen LogP contribution in [-0.2, 0) is 13.1 Å². The van der Waals surface area contributed by atoms with Crippen molar-refractivity contribution in [3.8, 4) is 0 Å². The second-order valence-electron chi connectivity index (χ2n) is 6.31. The van der Waals surface area contributed by atoms with Crippen LogP contribution < -0.4 is 0 Å². The van der Waals surface area contributed by atoms with Gasteiger partial charge in [-0.3, -0.25) is 4.90 Å². The van der Waals surface area contributed by atoms with Crippen molar-refractivity contribution < 1.29 is 13.2 Å². The Hall–Kier alpha value is -1.04. The maximum Gasteiger partial charge on any atom is 0.406 e. The lowest BCUT2D eigenvalue weighted by atomic mass is 10.1. The van der Waals surface area contributed by atoms with E-state index in [4.69, 9.17) is 0 Å². The van der Waals surface area contributed by atoms with Gasteiger partial charge in [-0.05, 0) is 17.3 Å². The Kier molecular flexibility index (Phi) is 2.71. The fourth-order valence-electron chi connectivity index (χ4n) is 3.37. The van der Waals surface area contributed by atoms with Gasteiger partial charge in [-0.2, -0.15) is 13.2 Å². The number of hydrogen-bond donors (Lipinski definition) is 0. The SMILES string of the molecule is CC1(C)[C@H]2CN(Cc3nccn3CC(F)(F)F)C[C@@H]21. The number of halogens is 3. The lowest BCUT2D eigenvalue weighted by molar-refractivity contribution is -0.141. The predicted molar refractivity (Wildman–Crippen MR) is 64.3 cm³/mol. The van der Waals surface area contributed by atoms with Crippen LogP contribution in [0, 0.1) is 17.3 Å². The van der Waals surface area contributed by atoms with Gasteiger partial charge in [0.25, 0.3) is 0 Å². The summed E-state index contributed by atoms with van der Waals surface area (Å²) in [6, 6.07) is 0. The normalized spacial score (nSPS) is 29.5. The predicted octanol–water partition coefficient (Wildman–Crippen LogP) is 2.53. The van der Waals surface area contributed by atoms with Gasteiger partial charge in [-0.25, -0.2) is 4.98 Å². The van der Waals surface area contributed by atoms with Gasteiger partial charge in [0.1, 0.15) is 12.4 Å². The molecular weight excluding hydrogens is 255 g/mol. The molecular formula is C13H18F3N3. The summed E-state index contributed by atoms with van der Waals surface area (Å²) in [6.45, 7) is 6.07. The lowest BCUT2D eigenvalue weighted by Gasteiger charge is -2.22. The van der Waals surface area contributed by atoms with E-state index in [-0.39, 0.29) is 0 Å². The first-order valence-electron chi connectivity index (χ1n) is 6.56. The number of piperidine rings is 1. The quantitative estimate of drug-likeness (QED) is 0.844. The Balaban J connectivity index is 1.61. The molecule has 6 heteroatoms. The van der Waals surface area contributed by atoms with Gasteiger partial charge in [0, 0.05) is 25.5 Å². The van der Waals surface area contributed by atoms with Crippen LogP contribution in [0.5, 0.6) is 0 Å². The Bertz CT molecular complexity index is 464. The first kappa shape index (κ1) is 13.0. The van der Waals surface area contributed by atoms with Crippen molar-refractivity contribution in [2.75, 3.05) is 13.1 Å². The third-order valence-corrected chi connectivity index (χ3v) is 4.71. The largest absolute Gasteiger partial charge is 0.406 e. The Morgan fingerprint density at radius 2 is 1.95 bits per heavy atom. The minimum atomic E-state index is -4.19. The highest BCUT2D eigenvalue weighted by molar-refractivity contribution is 5.12. The minimum absolute atomic E-state index is 0.428. The van der Waals surface area contributed by atoms with Gasteiger partial charge in [-0.1, -0.05) is 13.8 Å². The Labute approximate surface area is 110 Å². The molecule has 3 rings (SSSR count). The number of likely N-dealkylation sites (tertiary alicyclic amines) is 1. The highest BCUT2D eigenvalue weighted by atomic mass is 19.4. The maximum absolute atomic E-state index is 12.4. The monoisotopic (exact) mass is 273 g/mol. The molecule has 0 radical (unpaired) electrons. The summed E-state index contributed by atoms with van der Waals surface area (Å²) in [5, 5.41) is 0. The number of imidazole rings is 1. The van der Waals surface area contributed by atoms with Crippen molar-refractivity contribution in [1.29, 1.82) is 0 Å². The molecule has 0 N–H and O–H groups in total. The fraction of sp³-hybridized carbons (Fsp3) is 0.769. The molecule has 1 aliphatic heterocycles. The number of nitrogens with zero attached hydrogens (tertiary/aromatic N) is 3. The van der Waals surface area contributed by atoms with Gasteiger partial charge in [0.15, 0.2) is 0 Å². The molecule has 1 aromatic rings. The lowest BCUT2D eigenvalue weighted by Crippen LogP contribution is -2.28. The van der Waals surface area contributed by atoms with Crippen molar-refractivity contribution >= 4 is 0 Å². The molecule has 0 amide bonds. The van der Waals surface area contributed by atoms with Crippen LogP contribution in [0.4, 0.5) is 13.2 Å². The summed E-state index contributed by atoms with van der Waals surface area (Å²) in [6.07, 6.45) is -1.34. The number of hydrogen-bond acceptors (Lipinski definition) is 2. The van der Waals surface area contributed by atoms with Crippen LogP contribution in [0.1, 0.15) is 19.7 Å². The summed E-state index contributed by atoms with van der Waals surface area (Å²) >= 11 is 0. The zero-order valence-corrected chi connectivity index (χ0v) is 11.1. The molecule has 1 aliphatic carbocycles. The molecule has 2 fully saturated rings. The number of fused-ring (bicyclic) bond motifs is 1. The first-order chi connectivity index (χ1) is 8.77. The average molecular weight is 273 g/mol. The van der Waals surface area contributed by atoms with Gasteiger partial charge in [0.2, 0.25) is 0 Å². The third kappa shape index (κ3) is 2.38. The topological polar surface area (TPSA) is 21.1 Å². The van der Waals surface area contributed by atoms with Crippen molar-refractivity contribution in [1.82, 2.24) is 14.5 Å². The molecule has 0 unspecified atom stereocenters. The van der Waals surface area contributed by atoms with E-state index in [1.54, 1.807) is 0 Å². The molecule has 2 aliphatic rings. The molecule has 2 atom stereocenters. The molecule has 1 saturated carbocycles. The van der Waals surface area contributed by atoms with Gasteiger partial charge >= 0.3 is 6.18 Å². The number of alkyl halides is 3. The van der Waals surface area contributed by atoms with Crippen molar-refractivity contribution in [3.05, 3.63) is 18.2 Å². The summed E-state index contributed by atoms with van der Waals surface area (Å²) < 4.78 is 38.5. The van der Waals surface area contributed by atoms with E-state index in [9.17, 15) is 13.2 Å². The third-order valence-electron chi connectivity index (χ3n) is 4.71. The van der Waals surface area contributed by atoms with E-state index in [0.717, 1.165) is 13.1 Å². The second kappa shape index (κ2) is 3.98. The summed E-state index contributed by atoms with van der Waals surface area (Å²) in [5.41, 5.74) is 0.428. The molecule has 106 valence electrons. The number of rotatable bonds is 3. The smallest absolute Gasteiger partial charge is 0.325 e. The maximum atomic E-state index is 12.4. The van der Waals surface area contributed by atoms with Crippen molar-refractivity contribution in [3.63, 3.8) is 0 Å². The van der Waals surface area contributed by atoms with Crippen molar-refractivity contribution in [2.45, 2.75) is 33.1 Å². The van der Waals surface area contributed by atoms with Crippen LogP contribution in [0.15, 0.2) is 12.4 Å². The molecule has 2 heterocycles. The molecule has 0 aromatic carbocycles.